The molecule has 0 aliphatic rings. The highest BCUT2D eigenvalue weighted by molar-refractivity contribution is 14.1. The van der Waals surface area contributed by atoms with Crippen LogP contribution in [0, 0.1) is 3.57 Å². The molecule has 0 atom stereocenters. The minimum Gasteiger partial charge on any atom is -0.322 e. The van der Waals surface area contributed by atoms with Gasteiger partial charge in [-0.3, -0.25) is 4.79 Å². The lowest BCUT2D eigenvalue weighted by atomic mass is 9.87. The second-order valence-corrected chi connectivity index (χ2v) is 7.03. The Balaban J connectivity index is 2.10. The maximum atomic E-state index is 12.1. The molecule has 0 aliphatic heterocycles. The van der Waals surface area contributed by atoms with Crippen molar-refractivity contribution in [2.75, 3.05) is 5.32 Å². The third-order valence-corrected chi connectivity index (χ3v) is 3.83. The fraction of sp³-hybridized carbons (Fsp3) is 0.235. The van der Waals surface area contributed by atoms with E-state index < -0.39 is 0 Å². The summed E-state index contributed by atoms with van der Waals surface area (Å²) < 4.78 is 1.12. The minimum atomic E-state index is -0.0788. The Morgan fingerprint density at radius 2 is 1.50 bits per heavy atom. The lowest BCUT2D eigenvalue weighted by molar-refractivity contribution is 0.102. The molecular formula is C17H18INO. The number of amides is 1. The second-order valence-electron chi connectivity index (χ2n) is 5.79. The summed E-state index contributed by atoms with van der Waals surface area (Å²) >= 11 is 2.22. The van der Waals surface area contributed by atoms with Crippen molar-refractivity contribution in [2.45, 2.75) is 26.2 Å². The molecule has 0 saturated heterocycles. The molecule has 0 spiro atoms. The van der Waals surface area contributed by atoms with Crippen LogP contribution in [0.4, 0.5) is 5.69 Å². The van der Waals surface area contributed by atoms with E-state index in [-0.39, 0.29) is 11.3 Å². The monoisotopic (exact) mass is 379 g/mol. The zero-order valence-electron chi connectivity index (χ0n) is 11.9. The number of carbonyl (C=O) groups is 1. The lowest BCUT2D eigenvalue weighted by Gasteiger charge is -2.19. The first kappa shape index (κ1) is 15.0. The maximum absolute atomic E-state index is 12.1. The normalized spacial score (nSPS) is 11.2. The van der Waals surface area contributed by atoms with Crippen LogP contribution in [0.15, 0.2) is 48.5 Å². The van der Waals surface area contributed by atoms with E-state index in [0.717, 1.165) is 9.26 Å². The first-order valence-electron chi connectivity index (χ1n) is 6.54. The van der Waals surface area contributed by atoms with E-state index in [4.69, 9.17) is 0 Å². The van der Waals surface area contributed by atoms with Crippen LogP contribution in [0.5, 0.6) is 0 Å². The number of hydrogen-bond donors (Lipinski definition) is 1. The van der Waals surface area contributed by atoms with Gasteiger partial charge in [0.15, 0.2) is 0 Å². The Hall–Kier alpha value is -1.36. The Labute approximate surface area is 133 Å². The highest BCUT2D eigenvalue weighted by atomic mass is 127. The Kier molecular flexibility index (Phi) is 4.48. The Morgan fingerprint density at radius 3 is 2.00 bits per heavy atom. The zero-order chi connectivity index (χ0) is 14.8. The fourth-order valence-corrected chi connectivity index (χ4v) is 2.22. The van der Waals surface area contributed by atoms with Gasteiger partial charge in [-0.15, -0.1) is 0 Å². The third-order valence-electron chi connectivity index (χ3n) is 3.12. The predicted molar refractivity (Wildman–Crippen MR) is 92.3 cm³/mol. The van der Waals surface area contributed by atoms with Crippen molar-refractivity contribution >= 4 is 34.2 Å². The minimum absolute atomic E-state index is 0.0788. The summed E-state index contributed by atoms with van der Waals surface area (Å²) in [6, 6.07) is 15.5. The van der Waals surface area contributed by atoms with Gasteiger partial charge in [0.2, 0.25) is 0 Å². The number of carbonyl (C=O) groups excluding carboxylic acids is 1. The number of benzene rings is 2. The molecule has 2 rings (SSSR count). The third kappa shape index (κ3) is 3.82. The molecule has 0 aromatic heterocycles. The van der Waals surface area contributed by atoms with Crippen molar-refractivity contribution in [2.24, 2.45) is 0 Å². The van der Waals surface area contributed by atoms with Crippen LogP contribution in [-0.2, 0) is 5.41 Å². The van der Waals surface area contributed by atoms with E-state index in [9.17, 15) is 4.79 Å². The first-order valence-corrected chi connectivity index (χ1v) is 7.61. The van der Waals surface area contributed by atoms with Crippen LogP contribution >= 0.6 is 22.6 Å². The van der Waals surface area contributed by atoms with Crippen LogP contribution in [0.3, 0.4) is 0 Å². The van der Waals surface area contributed by atoms with E-state index in [1.165, 1.54) is 5.56 Å². The zero-order valence-corrected chi connectivity index (χ0v) is 14.1. The molecule has 3 heteroatoms. The van der Waals surface area contributed by atoms with Crippen LogP contribution in [0.25, 0.3) is 0 Å². The average molecular weight is 379 g/mol. The van der Waals surface area contributed by atoms with Crippen molar-refractivity contribution in [3.05, 3.63) is 63.2 Å². The van der Waals surface area contributed by atoms with Gasteiger partial charge in [0, 0.05) is 14.8 Å². The molecule has 0 aliphatic carbocycles. The largest absolute Gasteiger partial charge is 0.322 e. The van der Waals surface area contributed by atoms with E-state index >= 15 is 0 Å². The molecule has 0 bridgehead atoms. The van der Waals surface area contributed by atoms with Crippen molar-refractivity contribution in [1.82, 2.24) is 0 Å². The van der Waals surface area contributed by atoms with Gasteiger partial charge in [0.05, 0.1) is 0 Å². The first-order chi connectivity index (χ1) is 9.36. The molecule has 2 aromatic rings. The smallest absolute Gasteiger partial charge is 0.255 e. The molecule has 2 nitrogen and oxygen atoms in total. The van der Waals surface area contributed by atoms with Gasteiger partial charge >= 0.3 is 0 Å². The number of nitrogens with one attached hydrogen (secondary N) is 1. The van der Waals surface area contributed by atoms with Crippen molar-refractivity contribution in [1.29, 1.82) is 0 Å². The Bertz CT molecular complexity index is 594. The van der Waals surface area contributed by atoms with Gasteiger partial charge < -0.3 is 5.32 Å². The number of halogens is 1. The number of anilines is 1. The standard InChI is InChI=1S/C17H18INO/c1-17(2,3)13-6-10-15(11-7-13)19-16(20)12-4-8-14(18)9-5-12/h4-11H,1-3H3,(H,19,20). The molecule has 1 amide bonds. The maximum Gasteiger partial charge on any atom is 0.255 e. The summed E-state index contributed by atoms with van der Waals surface area (Å²) in [5.41, 5.74) is 2.87. The fourth-order valence-electron chi connectivity index (χ4n) is 1.86. The summed E-state index contributed by atoms with van der Waals surface area (Å²) in [5, 5.41) is 2.91. The molecule has 20 heavy (non-hydrogen) atoms. The van der Waals surface area contributed by atoms with Crippen LogP contribution in [-0.4, -0.2) is 5.91 Å². The predicted octanol–water partition coefficient (Wildman–Crippen LogP) is 4.84. The summed E-state index contributed by atoms with van der Waals surface area (Å²) in [4.78, 5) is 12.1. The van der Waals surface area contributed by atoms with E-state index in [1.54, 1.807) is 0 Å². The van der Waals surface area contributed by atoms with E-state index in [0.29, 0.717) is 5.56 Å². The molecule has 1 N–H and O–H groups in total. The van der Waals surface area contributed by atoms with Gasteiger partial charge in [-0.1, -0.05) is 32.9 Å². The van der Waals surface area contributed by atoms with Crippen LogP contribution < -0.4 is 5.32 Å². The van der Waals surface area contributed by atoms with Gasteiger partial charge in [-0.25, -0.2) is 0 Å². The Morgan fingerprint density at radius 1 is 0.950 bits per heavy atom. The average Bonchev–Trinajstić information content (AvgIpc) is 2.39. The van der Waals surface area contributed by atoms with Gasteiger partial charge in [-0.2, -0.15) is 0 Å². The summed E-state index contributed by atoms with van der Waals surface area (Å²) in [7, 11) is 0. The van der Waals surface area contributed by atoms with Crippen molar-refractivity contribution in [3.63, 3.8) is 0 Å². The quantitative estimate of drug-likeness (QED) is 0.744. The van der Waals surface area contributed by atoms with Crippen LogP contribution in [0.1, 0.15) is 36.7 Å². The number of hydrogen-bond acceptors (Lipinski definition) is 1. The molecule has 0 radical (unpaired) electrons. The molecule has 0 unspecified atom stereocenters. The lowest BCUT2D eigenvalue weighted by Crippen LogP contribution is -2.13. The molecule has 0 heterocycles. The highest BCUT2D eigenvalue weighted by Crippen LogP contribution is 2.23. The summed E-state index contributed by atoms with van der Waals surface area (Å²) in [5.74, 6) is -0.0788. The van der Waals surface area contributed by atoms with Gasteiger partial charge in [0.25, 0.3) is 5.91 Å². The number of rotatable bonds is 2. The molecular weight excluding hydrogens is 361 g/mol. The highest BCUT2D eigenvalue weighted by Gasteiger charge is 2.13. The van der Waals surface area contributed by atoms with Gasteiger partial charge in [-0.05, 0) is 70.0 Å². The molecule has 2 aromatic carbocycles. The molecule has 0 saturated carbocycles. The summed E-state index contributed by atoms with van der Waals surface area (Å²) in [6.45, 7) is 6.52. The molecule has 0 fully saturated rings. The SMILES string of the molecule is CC(C)(C)c1ccc(NC(=O)c2ccc(I)cc2)cc1. The molecule has 104 valence electrons. The topological polar surface area (TPSA) is 29.1 Å². The van der Waals surface area contributed by atoms with Crippen molar-refractivity contribution in [3.8, 4) is 0 Å². The van der Waals surface area contributed by atoms with Gasteiger partial charge in [0.1, 0.15) is 0 Å². The second kappa shape index (κ2) is 5.95. The van der Waals surface area contributed by atoms with Crippen LogP contribution in [0.2, 0.25) is 0 Å². The van der Waals surface area contributed by atoms with E-state index in [1.807, 2.05) is 36.4 Å². The van der Waals surface area contributed by atoms with Crippen molar-refractivity contribution < 1.29 is 4.79 Å². The van der Waals surface area contributed by atoms with E-state index in [2.05, 4.69) is 60.8 Å². The summed E-state index contributed by atoms with van der Waals surface area (Å²) in [6.07, 6.45) is 0.